The molecule has 0 bridgehead atoms. The summed E-state index contributed by atoms with van der Waals surface area (Å²) in [6.07, 6.45) is 0. The second-order valence-electron chi connectivity index (χ2n) is 5.09. The number of benzene rings is 2. The van der Waals surface area contributed by atoms with Crippen molar-refractivity contribution in [2.75, 3.05) is 24.2 Å². The lowest BCUT2D eigenvalue weighted by molar-refractivity contribution is 0.334. The van der Waals surface area contributed by atoms with Crippen molar-refractivity contribution in [2.24, 2.45) is 0 Å². The highest BCUT2D eigenvalue weighted by Crippen LogP contribution is 2.22. The monoisotopic (exact) mass is 270 g/mol. The molecular weight excluding hydrogens is 248 g/mol. The first-order valence-corrected chi connectivity index (χ1v) is 6.87. The van der Waals surface area contributed by atoms with Gasteiger partial charge in [-0.15, -0.1) is 0 Å². The summed E-state index contributed by atoms with van der Waals surface area (Å²) in [4.78, 5) is 0. The van der Waals surface area contributed by atoms with E-state index in [1.54, 1.807) is 0 Å². The standard InChI is InChI=1S/C17H22N2O/c1-12-10-13(2)17(14(3)11-12)19-8-9-20-16-7-5-4-6-15(16)18/h4-7,10-11,19H,8-9,18H2,1-3H3. The highest BCUT2D eigenvalue weighted by Gasteiger charge is 2.03. The Kier molecular flexibility index (Phi) is 4.51. The Bertz CT molecular complexity index is 570. The van der Waals surface area contributed by atoms with E-state index in [2.05, 4.69) is 38.2 Å². The van der Waals surface area contributed by atoms with Gasteiger partial charge in [-0.05, 0) is 44.0 Å². The molecule has 0 spiro atoms. The van der Waals surface area contributed by atoms with E-state index >= 15 is 0 Å². The van der Waals surface area contributed by atoms with Gasteiger partial charge >= 0.3 is 0 Å². The van der Waals surface area contributed by atoms with Crippen molar-refractivity contribution in [3.05, 3.63) is 53.1 Å². The molecule has 0 heterocycles. The van der Waals surface area contributed by atoms with Crippen LogP contribution in [0, 0.1) is 20.8 Å². The van der Waals surface area contributed by atoms with Crippen LogP contribution in [-0.2, 0) is 0 Å². The number of rotatable bonds is 5. The van der Waals surface area contributed by atoms with E-state index in [0.29, 0.717) is 12.3 Å². The molecule has 0 aliphatic rings. The van der Waals surface area contributed by atoms with Gasteiger partial charge in [0.2, 0.25) is 0 Å². The van der Waals surface area contributed by atoms with Crippen LogP contribution < -0.4 is 15.8 Å². The maximum atomic E-state index is 5.83. The topological polar surface area (TPSA) is 47.3 Å². The molecule has 0 unspecified atom stereocenters. The van der Waals surface area contributed by atoms with E-state index in [1.807, 2.05) is 24.3 Å². The Morgan fingerprint density at radius 2 is 1.70 bits per heavy atom. The Morgan fingerprint density at radius 3 is 2.35 bits per heavy atom. The summed E-state index contributed by atoms with van der Waals surface area (Å²) in [5, 5.41) is 3.43. The summed E-state index contributed by atoms with van der Waals surface area (Å²) in [5.74, 6) is 0.742. The predicted molar refractivity (Wildman–Crippen MR) is 85.5 cm³/mol. The zero-order valence-corrected chi connectivity index (χ0v) is 12.4. The third kappa shape index (κ3) is 3.44. The summed E-state index contributed by atoms with van der Waals surface area (Å²) in [7, 11) is 0. The van der Waals surface area contributed by atoms with Crippen LogP contribution in [0.2, 0.25) is 0 Å². The van der Waals surface area contributed by atoms with Crippen LogP contribution >= 0.6 is 0 Å². The van der Waals surface area contributed by atoms with E-state index in [-0.39, 0.29) is 0 Å². The summed E-state index contributed by atoms with van der Waals surface area (Å²) < 4.78 is 5.67. The van der Waals surface area contributed by atoms with Gasteiger partial charge < -0.3 is 15.8 Å². The summed E-state index contributed by atoms with van der Waals surface area (Å²) >= 11 is 0. The lowest BCUT2D eigenvalue weighted by Gasteiger charge is -2.14. The number of hydrogen-bond donors (Lipinski definition) is 2. The minimum absolute atomic E-state index is 0.584. The van der Waals surface area contributed by atoms with Crippen molar-refractivity contribution in [3.63, 3.8) is 0 Å². The van der Waals surface area contributed by atoms with Crippen LogP contribution in [0.5, 0.6) is 5.75 Å². The van der Waals surface area contributed by atoms with Gasteiger partial charge in [0, 0.05) is 12.2 Å². The fraction of sp³-hybridized carbons (Fsp3) is 0.294. The second kappa shape index (κ2) is 6.33. The summed E-state index contributed by atoms with van der Waals surface area (Å²) in [5.41, 5.74) is 11.5. The van der Waals surface area contributed by atoms with Gasteiger partial charge in [0.15, 0.2) is 0 Å². The molecule has 2 aromatic carbocycles. The molecule has 3 heteroatoms. The largest absolute Gasteiger partial charge is 0.490 e. The molecule has 0 aliphatic heterocycles. The molecule has 2 rings (SSSR count). The van der Waals surface area contributed by atoms with Crippen molar-refractivity contribution in [2.45, 2.75) is 20.8 Å². The molecule has 0 saturated carbocycles. The highest BCUT2D eigenvalue weighted by molar-refractivity contribution is 5.58. The lowest BCUT2D eigenvalue weighted by Crippen LogP contribution is -2.13. The van der Waals surface area contributed by atoms with E-state index in [1.165, 1.54) is 22.4 Å². The molecule has 0 aliphatic carbocycles. The number of nitrogens with two attached hydrogens (primary N) is 1. The maximum Gasteiger partial charge on any atom is 0.142 e. The Balaban J connectivity index is 1.90. The molecule has 0 saturated heterocycles. The second-order valence-corrected chi connectivity index (χ2v) is 5.09. The number of ether oxygens (including phenoxy) is 1. The first-order chi connectivity index (χ1) is 9.58. The fourth-order valence-electron chi connectivity index (χ4n) is 2.41. The van der Waals surface area contributed by atoms with Gasteiger partial charge in [-0.2, -0.15) is 0 Å². The minimum atomic E-state index is 0.584. The van der Waals surface area contributed by atoms with Gasteiger partial charge in [-0.25, -0.2) is 0 Å². The van der Waals surface area contributed by atoms with E-state index in [9.17, 15) is 0 Å². The quantitative estimate of drug-likeness (QED) is 0.643. The van der Waals surface area contributed by atoms with Crippen LogP contribution in [0.3, 0.4) is 0 Å². The van der Waals surface area contributed by atoms with E-state index < -0.39 is 0 Å². The fourth-order valence-corrected chi connectivity index (χ4v) is 2.41. The number of aryl methyl sites for hydroxylation is 3. The Labute approximate surface area is 120 Å². The van der Waals surface area contributed by atoms with Crippen LogP contribution in [0.4, 0.5) is 11.4 Å². The normalized spacial score (nSPS) is 10.3. The number of nitrogens with one attached hydrogen (secondary N) is 1. The molecule has 3 nitrogen and oxygen atoms in total. The van der Waals surface area contributed by atoms with Crippen molar-refractivity contribution in [3.8, 4) is 5.75 Å². The van der Waals surface area contributed by atoms with E-state index in [0.717, 1.165) is 12.3 Å². The van der Waals surface area contributed by atoms with Crippen molar-refractivity contribution in [1.82, 2.24) is 0 Å². The van der Waals surface area contributed by atoms with Crippen LogP contribution in [0.25, 0.3) is 0 Å². The van der Waals surface area contributed by atoms with Crippen molar-refractivity contribution in [1.29, 1.82) is 0 Å². The molecule has 0 radical (unpaired) electrons. The molecule has 0 fully saturated rings. The average Bonchev–Trinajstić information content (AvgIpc) is 2.38. The van der Waals surface area contributed by atoms with Crippen LogP contribution in [0.15, 0.2) is 36.4 Å². The minimum Gasteiger partial charge on any atom is -0.490 e. The predicted octanol–water partition coefficient (Wildman–Crippen LogP) is 3.68. The third-order valence-corrected chi connectivity index (χ3v) is 3.26. The van der Waals surface area contributed by atoms with Crippen molar-refractivity contribution < 1.29 is 4.74 Å². The molecule has 3 N–H and O–H groups in total. The van der Waals surface area contributed by atoms with Gasteiger partial charge in [-0.1, -0.05) is 29.8 Å². The zero-order chi connectivity index (χ0) is 14.5. The number of hydrogen-bond acceptors (Lipinski definition) is 3. The molecule has 20 heavy (non-hydrogen) atoms. The summed E-state index contributed by atoms with van der Waals surface area (Å²) in [6.45, 7) is 7.70. The maximum absolute atomic E-state index is 5.83. The molecular formula is C17H22N2O. The number of anilines is 2. The van der Waals surface area contributed by atoms with Crippen molar-refractivity contribution >= 4 is 11.4 Å². The molecule has 106 valence electrons. The first-order valence-electron chi connectivity index (χ1n) is 6.87. The highest BCUT2D eigenvalue weighted by atomic mass is 16.5. The smallest absolute Gasteiger partial charge is 0.142 e. The van der Waals surface area contributed by atoms with Gasteiger partial charge in [0.1, 0.15) is 12.4 Å². The molecule has 0 aromatic heterocycles. The van der Waals surface area contributed by atoms with Gasteiger partial charge in [0.05, 0.1) is 5.69 Å². The number of nitrogen functional groups attached to an aromatic ring is 1. The Hall–Kier alpha value is -2.16. The van der Waals surface area contributed by atoms with E-state index in [4.69, 9.17) is 10.5 Å². The Morgan fingerprint density at radius 1 is 1.05 bits per heavy atom. The number of para-hydroxylation sites is 2. The SMILES string of the molecule is Cc1cc(C)c(NCCOc2ccccc2N)c(C)c1. The van der Waals surface area contributed by atoms with Gasteiger partial charge in [-0.3, -0.25) is 0 Å². The van der Waals surface area contributed by atoms with Crippen LogP contribution in [0.1, 0.15) is 16.7 Å². The summed E-state index contributed by atoms with van der Waals surface area (Å²) in [6, 6.07) is 11.9. The average molecular weight is 270 g/mol. The van der Waals surface area contributed by atoms with Crippen LogP contribution in [-0.4, -0.2) is 13.2 Å². The molecule has 2 aromatic rings. The van der Waals surface area contributed by atoms with Gasteiger partial charge in [0.25, 0.3) is 0 Å². The third-order valence-electron chi connectivity index (χ3n) is 3.26. The lowest BCUT2D eigenvalue weighted by atomic mass is 10.1. The molecule has 0 atom stereocenters. The molecule has 0 amide bonds. The first kappa shape index (κ1) is 14.3. The zero-order valence-electron chi connectivity index (χ0n) is 12.4.